The molecule has 0 atom stereocenters. The number of carbonyl (C=O) groups excluding carboxylic acids is 1. The van der Waals surface area contributed by atoms with Gasteiger partial charge < -0.3 is 10.1 Å². The molecule has 0 bridgehead atoms. The molecule has 0 saturated heterocycles. The molecule has 0 unspecified atom stereocenters. The van der Waals surface area contributed by atoms with Gasteiger partial charge in [0.05, 0.1) is 4.47 Å². The largest absolute Gasteiger partial charge is 0.479 e. The van der Waals surface area contributed by atoms with Crippen molar-refractivity contribution in [2.75, 3.05) is 11.9 Å². The molecule has 27 heavy (non-hydrogen) atoms. The van der Waals surface area contributed by atoms with Crippen molar-refractivity contribution in [1.29, 1.82) is 5.26 Å². The van der Waals surface area contributed by atoms with Crippen molar-refractivity contribution < 1.29 is 9.53 Å². The van der Waals surface area contributed by atoms with Crippen LogP contribution in [-0.2, 0) is 4.79 Å². The maximum absolute atomic E-state index is 12.6. The lowest BCUT2D eigenvalue weighted by atomic mass is 10.1. The summed E-state index contributed by atoms with van der Waals surface area (Å²) in [5.41, 5.74) is 3.17. The molecule has 1 N–H and O–H groups in total. The summed E-state index contributed by atoms with van der Waals surface area (Å²) >= 11 is 6.81. The van der Waals surface area contributed by atoms with E-state index in [9.17, 15) is 10.1 Å². The van der Waals surface area contributed by atoms with E-state index in [0.717, 1.165) is 15.6 Å². The van der Waals surface area contributed by atoms with Gasteiger partial charge in [0, 0.05) is 15.7 Å². The molecule has 0 aliphatic rings. The molecular weight excluding hydrogens is 472 g/mol. The average molecular weight is 488 g/mol. The van der Waals surface area contributed by atoms with Crippen LogP contribution >= 0.6 is 31.9 Å². The molecule has 1 amide bonds. The second kappa shape index (κ2) is 9.41. The normalized spacial score (nSPS) is 10.7. The highest BCUT2D eigenvalue weighted by Crippen LogP contribution is 2.34. The Hall–Kier alpha value is -2.54. The van der Waals surface area contributed by atoms with Gasteiger partial charge in [-0.2, -0.15) is 5.26 Å². The molecule has 0 aliphatic carbocycles. The predicted octanol–water partition coefficient (Wildman–Crippen LogP) is 5.39. The molecule has 0 spiro atoms. The van der Waals surface area contributed by atoms with Gasteiger partial charge in [0.2, 0.25) is 0 Å². The van der Waals surface area contributed by atoms with Gasteiger partial charge in [0.1, 0.15) is 24.0 Å². The van der Waals surface area contributed by atoms with E-state index in [4.69, 9.17) is 11.2 Å². The Kier molecular flexibility index (Phi) is 7.24. The van der Waals surface area contributed by atoms with Crippen LogP contribution < -0.4 is 10.1 Å². The van der Waals surface area contributed by atoms with E-state index in [1.807, 2.05) is 32.0 Å². The molecule has 2 rings (SSSR count). The molecule has 136 valence electrons. The van der Waals surface area contributed by atoms with Gasteiger partial charge in [-0.25, -0.2) is 0 Å². The number of amides is 1. The zero-order chi connectivity index (χ0) is 20.0. The number of nitrogens with one attached hydrogen (secondary N) is 1. The third-order valence-corrected chi connectivity index (χ3v) is 4.90. The number of nitriles is 1. The van der Waals surface area contributed by atoms with Crippen LogP contribution in [-0.4, -0.2) is 12.5 Å². The first-order valence-corrected chi connectivity index (χ1v) is 9.50. The highest BCUT2D eigenvalue weighted by molar-refractivity contribution is 9.11. The van der Waals surface area contributed by atoms with E-state index in [0.29, 0.717) is 21.5 Å². The minimum Gasteiger partial charge on any atom is -0.479 e. The predicted molar refractivity (Wildman–Crippen MR) is 114 cm³/mol. The first-order valence-electron chi connectivity index (χ1n) is 7.92. The van der Waals surface area contributed by atoms with E-state index < -0.39 is 5.91 Å². The van der Waals surface area contributed by atoms with Crippen LogP contribution in [0.3, 0.4) is 0 Å². The number of nitrogens with zero attached hydrogens (tertiary/aromatic N) is 1. The molecule has 4 nitrogen and oxygen atoms in total. The Morgan fingerprint density at radius 1 is 1.33 bits per heavy atom. The van der Waals surface area contributed by atoms with Crippen molar-refractivity contribution in [2.45, 2.75) is 13.8 Å². The van der Waals surface area contributed by atoms with Crippen molar-refractivity contribution in [3.63, 3.8) is 0 Å². The summed E-state index contributed by atoms with van der Waals surface area (Å²) in [4.78, 5) is 12.6. The fourth-order valence-electron chi connectivity index (χ4n) is 2.33. The summed E-state index contributed by atoms with van der Waals surface area (Å²) in [6.07, 6.45) is 6.74. The standard InChI is InChI=1S/C21H16Br2N2O2/c1-4-8-27-20-15(10-17(22)11-18(20)23)9-16(12-24)21(26)25-19-7-5-6-13(2)14(19)3/h1,5-7,9-11H,8H2,2-3H3,(H,25,26)/b16-9+. The van der Waals surface area contributed by atoms with E-state index >= 15 is 0 Å². The van der Waals surface area contributed by atoms with Gasteiger partial charge in [-0.3, -0.25) is 4.79 Å². The van der Waals surface area contributed by atoms with E-state index in [1.165, 1.54) is 6.08 Å². The van der Waals surface area contributed by atoms with Crippen molar-refractivity contribution in [1.82, 2.24) is 0 Å². The highest BCUT2D eigenvalue weighted by Gasteiger charge is 2.15. The molecule has 0 radical (unpaired) electrons. The molecular formula is C21H16Br2N2O2. The van der Waals surface area contributed by atoms with Crippen LogP contribution in [0.25, 0.3) is 6.08 Å². The summed E-state index contributed by atoms with van der Waals surface area (Å²) in [5, 5.41) is 12.3. The van der Waals surface area contributed by atoms with Crippen LogP contribution in [0, 0.1) is 37.5 Å². The quantitative estimate of drug-likeness (QED) is 0.349. The Balaban J connectivity index is 2.41. The zero-order valence-electron chi connectivity index (χ0n) is 14.8. The van der Waals surface area contributed by atoms with Crippen LogP contribution in [0.4, 0.5) is 5.69 Å². The number of hydrogen-bond acceptors (Lipinski definition) is 3. The second-order valence-corrected chi connectivity index (χ2v) is 7.44. The van der Waals surface area contributed by atoms with Gasteiger partial charge in [0.15, 0.2) is 0 Å². The minimum absolute atomic E-state index is 0.0496. The molecule has 0 heterocycles. The van der Waals surface area contributed by atoms with Crippen LogP contribution in [0.1, 0.15) is 16.7 Å². The van der Waals surface area contributed by atoms with Crippen molar-refractivity contribution in [3.05, 3.63) is 61.5 Å². The summed E-state index contributed by atoms with van der Waals surface area (Å²) in [7, 11) is 0. The average Bonchev–Trinajstić information content (AvgIpc) is 2.62. The smallest absolute Gasteiger partial charge is 0.266 e. The molecule has 0 fully saturated rings. The van der Waals surface area contributed by atoms with Crippen molar-refractivity contribution >= 4 is 49.5 Å². The van der Waals surface area contributed by atoms with Gasteiger partial charge in [0.25, 0.3) is 5.91 Å². The Morgan fingerprint density at radius 3 is 2.74 bits per heavy atom. The maximum Gasteiger partial charge on any atom is 0.266 e. The monoisotopic (exact) mass is 486 g/mol. The molecule has 0 aliphatic heterocycles. The van der Waals surface area contributed by atoms with Crippen LogP contribution in [0.2, 0.25) is 0 Å². The summed E-state index contributed by atoms with van der Waals surface area (Å²) in [6.45, 7) is 3.94. The fraction of sp³-hybridized carbons (Fsp3) is 0.143. The van der Waals surface area contributed by atoms with E-state index in [2.05, 4.69) is 43.1 Å². The fourth-order valence-corrected chi connectivity index (χ4v) is 3.71. The molecule has 0 aromatic heterocycles. The number of terminal acetylenes is 1. The molecule has 2 aromatic rings. The van der Waals surface area contributed by atoms with Crippen LogP contribution in [0.15, 0.2) is 44.9 Å². The van der Waals surface area contributed by atoms with Gasteiger partial charge >= 0.3 is 0 Å². The number of halogens is 2. The Morgan fingerprint density at radius 2 is 2.07 bits per heavy atom. The lowest BCUT2D eigenvalue weighted by molar-refractivity contribution is -0.112. The lowest BCUT2D eigenvalue weighted by Crippen LogP contribution is -2.14. The van der Waals surface area contributed by atoms with Gasteiger partial charge in [-0.05, 0) is 65.2 Å². The third kappa shape index (κ3) is 5.23. The van der Waals surface area contributed by atoms with Crippen LogP contribution in [0.5, 0.6) is 5.75 Å². The first-order chi connectivity index (χ1) is 12.9. The Labute approximate surface area is 175 Å². The summed E-state index contributed by atoms with van der Waals surface area (Å²) in [5.74, 6) is 2.37. The SMILES string of the molecule is C#CCOc1c(Br)cc(Br)cc1/C=C(\C#N)C(=O)Nc1cccc(C)c1C. The van der Waals surface area contributed by atoms with E-state index in [1.54, 1.807) is 18.2 Å². The highest BCUT2D eigenvalue weighted by atomic mass is 79.9. The number of ether oxygens (including phenoxy) is 1. The second-order valence-electron chi connectivity index (χ2n) is 5.67. The maximum atomic E-state index is 12.6. The molecule has 6 heteroatoms. The van der Waals surface area contributed by atoms with Gasteiger partial charge in [-0.1, -0.05) is 34.0 Å². The number of aryl methyl sites for hydroxylation is 1. The first kappa shape index (κ1) is 20.8. The van der Waals surface area contributed by atoms with Gasteiger partial charge in [-0.15, -0.1) is 6.42 Å². The summed E-state index contributed by atoms with van der Waals surface area (Å²) in [6, 6.07) is 11.1. The zero-order valence-corrected chi connectivity index (χ0v) is 17.9. The molecule has 2 aromatic carbocycles. The number of anilines is 1. The molecule has 0 saturated carbocycles. The topological polar surface area (TPSA) is 62.1 Å². The number of rotatable bonds is 5. The third-order valence-electron chi connectivity index (χ3n) is 3.85. The number of benzene rings is 2. The lowest BCUT2D eigenvalue weighted by Gasteiger charge is -2.12. The Bertz CT molecular complexity index is 998. The van der Waals surface area contributed by atoms with Crippen molar-refractivity contribution in [2.24, 2.45) is 0 Å². The number of carbonyl (C=O) groups is 1. The van der Waals surface area contributed by atoms with E-state index in [-0.39, 0.29) is 12.2 Å². The number of hydrogen-bond donors (Lipinski definition) is 1. The van der Waals surface area contributed by atoms with Crippen molar-refractivity contribution in [3.8, 4) is 24.2 Å². The summed E-state index contributed by atoms with van der Waals surface area (Å²) < 4.78 is 6.98. The minimum atomic E-state index is -0.495.